The molecule has 0 aromatic carbocycles. The molecule has 0 saturated heterocycles. The van der Waals surface area contributed by atoms with Crippen molar-refractivity contribution >= 4 is 51.2 Å². The van der Waals surface area contributed by atoms with E-state index in [-0.39, 0.29) is 0 Å². The summed E-state index contributed by atoms with van der Waals surface area (Å²) in [5.74, 6) is 0. The summed E-state index contributed by atoms with van der Waals surface area (Å²) in [5, 5.41) is 0. The average Bonchev–Trinajstić information content (AvgIpc) is 1.27. The Labute approximate surface area is 58.1 Å². The van der Waals surface area contributed by atoms with Gasteiger partial charge in [0, 0.05) is 0 Å². The second-order valence-corrected chi connectivity index (χ2v) is 12.0. The molecule has 0 aliphatic heterocycles. The van der Waals surface area contributed by atoms with Crippen molar-refractivity contribution in [2.24, 2.45) is 0 Å². The first-order valence-corrected chi connectivity index (χ1v) is 8.81. The summed E-state index contributed by atoms with van der Waals surface area (Å²) in [4.78, 5) is 0. The molecule has 0 nitrogen and oxygen atoms in total. The van der Waals surface area contributed by atoms with Crippen molar-refractivity contribution in [3.63, 3.8) is 0 Å². The van der Waals surface area contributed by atoms with Gasteiger partial charge < -0.3 is 0 Å². The van der Waals surface area contributed by atoms with Crippen LogP contribution in [0.25, 0.3) is 0 Å². The van der Waals surface area contributed by atoms with Crippen molar-refractivity contribution in [2.45, 2.75) is 0 Å². The van der Waals surface area contributed by atoms with Gasteiger partial charge in [-0.2, -0.15) is 0 Å². The Morgan fingerprint density at radius 3 is 2.83 bits per heavy atom. The van der Waals surface area contributed by atoms with Gasteiger partial charge in [0.05, 0.1) is 0 Å². The normalized spacial score (nSPS) is 28.8. The molecule has 0 heterocycles. The minimum atomic E-state index is -4.41. The fourth-order valence-electron chi connectivity index (χ4n) is 0. The van der Waals surface area contributed by atoms with Crippen LogP contribution < -0.4 is 0 Å². The maximum absolute atomic E-state index is 12.5. The molecule has 2 atom stereocenters. The van der Waals surface area contributed by atoms with Crippen molar-refractivity contribution in [2.75, 3.05) is 0 Å². The van der Waals surface area contributed by atoms with Gasteiger partial charge >= 0.3 is 57.9 Å². The van der Waals surface area contributed by atoms with Crippen LogP contribution in [0.4, 0.5) is 4.20 Å². The molecular weight excluding hydrogens is 250 g/mol. The Kier molecular flexibility index (Phi) is 3.20. The molecule has 6 heteroatoms. The Hall–Kier alpha value is 2.01. The van der Waals surface area contributed by atoms with Gasteiger partial charge in [-0.25, -0.2) is 0 Å². The van der Waals surface area contributed by atoms with Gasteiger partial charge in [-0.1, -0.05) is 0 Å². The molecule has 36 valence electrons. The molecule has 0 N–H and O–H groups in total. The van der Waals surface area contributed by atoms with E-state index in [1.165, 1.54) is 22.0 Å². The molecule has 2 radical (unpaired) electrons. The Balaban J connectivity index is 4.14. The molecule has 0 fully saturated rings. The van der Waals surface area contributed by atoms with Crippen molar-refractivity contribution in [3.05, 3.63) is 0 Å². The monoisotopic (exact) mass is 257 g/mol. The Morgan fingerprint density at radius 2 is 2.83 bits per heavy atom. The van der Waals surface area contributed by atoms with Crippen molar-refractivity contribution < 1.29 is 4.20 Å². The van der Waals surface area contributed by atoms with Crippen molar-refractivity contribution in [1.29, 1.82) is 2.56 Å². The summed E-state index contributed by atoms with van der Waals surface area (Å²) in [6.07, 6.45) is 0. The number of halogens is 2. The molecule has 0 bridgehead atoms. The molecule has 0 amide bonds. The third kappa shape index (κ3) is 4.18. The standard InChI is InChI=1S/BFH4IP3/c1-5(4)6(2)3/h4,6H2/i6TD. The van der Waals surface area contributed by atoms with Crippen LogP contribution >= 0.6 is 43.6 Å². The second-order valence-electron chi connectivity index (χ2n) is 0.595. The van der Waals surface area contributed by atoms with Crippen LogP contribution in [0.1, 0.15) is 0 Å². The Bertz CT molecular complexity index is 87.9. The van der Waals surface area contributed by atoms with Crippen LogP contribution in [-0.2, 0) is 0 Å². The molecular formula is H4BFIP3. The van der Waals surface area contributed by atoms with Gasteiger partial charge in [0.1, 0.15) is 0 Å². The van der Waals surface area contributed by atoms with E-state index in [2.05, 4.69) is 0 Å². The van der Waals surface area contributed by atoms with E-state index in [1.807, 2.05) is 8.93 Å². The first kappa shape index (κ1) is 4.85. The van der Waals surface area contributed by atoms with E-state index in [0.29, 0.717) is 0 Å². The van der Waals surface area contributed by atoms with Crippen LogP contribution in [0.15, 0.2) is 0 Å². The fraction of sp³-hybridized carbons (Fsp3) is 0. The van der Waals surface area contributed by atoms with Crippen LogP contribution in [0.2, 0.25) is 0 Å². The van der Waals surface area contributed by atoms with E-state index < -0.39 is 12.6 Å². The van der Waals surface area contributed by atoms with E-state index in [9.17, 15) is 4.20 Å². The first-order valence-electron chi connectivity index (χ1n) is 1.95. The molecule has 0 aliphatic carbocycles. The van der Waals surface area contributed by atoms with Crippen molar-refractivity contribution in [1.82, 2.24) is 0 Å². The van der Waals surface area contributed by atoms with E-state index >= 15 is 0 Å². The SMILES string of the molecule is [2H]P([3H])(F)(I)P([B])P. The third-order valence-corrected chi connectivity index (χ3v) is 12.1. The summed E-state index contributed by atoms with van der Waals surface area (Å²) in [5.41, 5.74) is -4.41. The summed E-state index contributed by atoms with van der Waals surface area (Å²) >= 11 is 1.18. The molecule has 0 aromatic heterocycles. The quantitative estimate of drug-likeness (QED) is 0.384. The van der Waals surface area contributed by atoms with Crippen LogP contribution in [-0.4, -0.2) is 10.1 Å². The summed E-state index contributed by atoms with van der Waals surface area (Å²) in [7, 11) is 5.39. The van der Waals surface area contributed by atoms with E-state index in [4.69, 9.17) is 10.1 Å². The summed E-state index contributed by atoms with van der Waals surface area (Å²) < 4.78 is 26.0. The summed E-state index contributed by atoms with van der Waals surface area (Å²) in [6.45, 7) is 0. The zero-order chi connectivity index (χ0) is 7.02. The van der Waals surface area contributed by atoms with Crippen molar-refractivity contribution in [3.8, 4) is 0 Å². The van der Waals surface area contributed by atoms with Gasteiger partial charge in [0.15, 0.2) is 0 Å². The zero-order valence-electron chi connectivity index (χ0n) is 4.81. The average molecular weight is 257 g/mol. The first-order chi connectivity index (χ1) is 3.20. The molecule has 0 aromatic rings. The van der Waals surface area contributed by atoms with E-state index in [0.717, 1.165) is 0 Å². The van der Waals surface area contributed by atoms with Gasteiger partial charge in [-0.05, 0) is 0 Å². The minimum absolute atomic E-state index is 1.18. The van der Waals surface area contributed by atoms with Gasteiger partial charge in [0.2, 0.25) is 0 Å². The van der Waals surface area contributed by atoms with Crippen LogP contribution in [0.5, 0.6) is 0 Å². The molecule has 0 aliphatic rings. The Morgan fingerprint density at radius 1 is 2.67 bits per heavy atom. The maximum atomic E-state index is 12.5. The fourth-order valence-corrected chi connectivity index (χ4v) is 0. The van der Waals surface area contributed by atoms with Gasteiger partial charge in [-0.15, -0.1) is 0 Å². The number of hydrogen-bond acceptors (Lipinski definition) is 0. The predicted octanol–water partition coefficient (Wildman–Crippen LogP) is 2.44. The van der Waals surface area contributed by atoms with E-state index in [1.54, 1.807) is 0 Å². The third-order valence-electron chi connectivity index (χ3n) is 0.175. The molecule has 0 saturated carbocycles. The van der Waals surface area contributed by atoms with Gasteiger partial charge in [-0.3, -0.25) is 0 Å². The second kappa shape index (κ2) is 3.95. The topological polar surface area (TPSA) is 0 Å². The number of hydrogen-bond donors (Lipinski definition) is 0. The predicted molar refractivity (Wildman–Crippen MR) is 47.2 cm³/mol. The van der Waals surface area contributed by atoms with Gasteiger partial charge in [0.25, 0.3) is 0 Å². The molecule has 6 heavy (non-hydrogen) atoms. The molecule has 0 spiro atoms. The molecule has 0 rings (SSSR count). The number of rotatable bonds is 1. The van der Waals surface area contributed by atoms with Crippen LogP contribution in [0, 0.1) is 0 Å². The summed E-state index contributed by atoms with van der Waals surface area (Å²) in [6, 6.07) is 0. The zero-order valence-corrected chi connectivity index (χ0v) is 7.91. The molecule has 2 unspecified atom stereocenters. The van der Waals surface area contributed by atoms with Crippen LogP contribution in [0.3, 0.4) is 0 Å².